The summed E-state index contributed by atoms with van der Waals surface area (Å²) in [6.45, 7) is 3.09. The van der Waals surface area contributed by atoms with E-state index in [2.05, 4.69) is 25.0 Å². The third-order valence-corrected chi connectivity index (χ3v) is 4.01. The van der Waals surface area contributed by atoms with Crippen molar-refractivity contribution in [3.8, 4) is 0 Å². The zero-order chi connectivity index (χ0) is 15.6. The van der Waals surface area contributed by atoms with E-state index in [0.29, 0.717) is 12.4 Å². The number of imidazole rings is 1. The van der Waals surface area contributed by atoms with Crippen molar-refractivity contribution in [2.24, 2.45) is 0 Å². The predicted octanol–water partition coefficient (Wildman–Crippen LogP) is 1.38. The van der Waals surface area contributed by atoms with Gasteiger partial charge in [-0.1, -0.05) is 0 Å². The first-order chi connectivity index (χ1) is 11.3. The highest BCUT2D eigenvalue weighted by atomic mass is 19.1. The van der Waals surface area contributed by atoms with E-state index < -0.39 is 0 Å². The van der Waals surface area contributed by atoms with Crippen LogP contribution < -0.4 is 9.80 Å². The molecule has 3 aromatic rings. The Hall–Kier alpha value is -2.77. The molecular formula is C15H16FN7. The maximum Gasteiger partial charge on any atom is 0.183 e. The second-order valence-corrected chi connectivity index (χ2v) is 5.44. The van der Waals surface area contributed by atoms with E-state index in [-0.39, 0.29) is 5.82 Å². The molecule has 0 spiro atoms. The number of aromatic nitrogens is 5. The highest BCUT2D eigenvalue weighted by Gasteiger charge is 2.19. The molecule has 4 rings (SSSR count). The molecule has 0 radical (unpaired) electrons. The molecule has 23 heavy (non-hydrogen) atoms. The summed E-state index contributed by atoms with van der Waals surface area (Å²) in [5.41, 5.74) is 0.827. The Bertz CT molecular complexity index is 818. The fourth-order valence-electron chi connectivity index (χ4n) is 2.87. The van der Waals surface area contributed by atoms with Crippen LogP contribution in [0, 0.1) is 5.82 Å². The Kier molecular flexibility index (Phi) is 3.49. The molecule has 0 N–H and O–H groups in total. The number of hydrogen-bond donors (Lipinski definition) is 0. The van der Waals surface area contributed by atoms with Crippen molar-refractivity contribution in [2.75, 3.05) is 36.0 Å². The monoisotopic (exact) mass is 313 g/mol. The van der Waals surface area contributed by atoms with E-state index >= 15 is 0 Å². The van der Waals surface area contributed by atoms with Gasteiger partial charge in [-0.25, -0.2) is 23.9 Å². The third kappa shape index (κ3) is 2.67. The van der Waals surface area contributed by atoms with E-state index in [1.807, 2.05) is 23.2 Å². The first-order valence-corrected chi connectivity index (χ1v) is 7.57. The van der Waals surface area contributed by atoms with Crippen molar-refractivity contribution in [1.82, 2.24) is 24.6 Å². The van der Waals surface area contributed by atoms with Gasteiger partial charge in [0.25, 0.3) is 0 Å². The molecule has 0 saturated carbocycles. The Balaban J connectivity index is 1.53. The van der Waals surface area contributed by atoms with Gasteiger partial charge < -0.3 is 9.80 Å². The number of nitrogens with zero attached hydrogens (tertiary/aromatic N) is 7. The van der Waals surface area contributed by atoms with Crippen LogP contribution in [0.15, 0.2) is 37.1 Å². The minimum absolute atomic E-state index is 0.375. The quantitative estimate of drug-likeness (QED) is 0.712. The van der Waals surface area contributed by atoms with Gasteiger partial charge in [0.05, 0.1) is 6.20 Å². The minimum Gasteiger partial charge on any atom is -0.353 e. The smallest absolute Gasteiger partial charge is 0.183 e. The predicted molar refractivity (Wildman–Crippen MR) is 84.0 cm³/mol. The maximum absolute atomic E-state index is 13.9. The molecule has 4 heterocycles. The summed E-state index contributed by atoms with van der Waals surface area (Å²) in [5, 5.41) is 4.58. The van der Waals surface area contributed by atoms with E-state index in [1.54, 1.807) is 10.7 Å². The molecule has 1 aliphatic heterocycles. The van der Waals surface area contributed by atoms with Crippen LogP contribution >= 0.6 is 0 Å². The highest BCUT2D eigenvalue weighted by molar-refractivity contribution is 5.47. The molecule has 8 heteroatoms. The second-order valence-electron chi connectivity index (χ2n) is 5.44. The SMILES string of the molecule is Fc1cncnc1N1CCCN(c2ccc3nccn3n2)CC1. The van der Waals surface area contributed by atoms with Crippen LogP contribution in [0.25, 0.3) is 5.65 Å². The zero-order valence-electron chi connectivity index (χ0n) is 12.5. The average molecular weight is 313 g/mol. The summed E-state index contributed by atoms with van der Waals surface area (Å²) in [6, 6.07) is 3.93. The molecule has 3 aromatic heterocycles. The number of hydrogen-bond acceptors (Lipinski definition) is 6. The average Bonchev–Trinajstić information content (AvgIpc) is 2.91. The van der Waals surface area contributed by atoms with Gasteiger partial charge >= 0.3 is 0 Å². The first-order valence-electron chi connectivity index (χ1n) is 7.57. The Labute approximate surface area is 132 Å². The largest absolute Gasteiger partial charge is 0.353 e. The molecule has 1 fully saturated rings. The molecule has 1 saturated heterocycles. The molecule has 0 unspecified atom stereocenters. The van der Waals surface area contributed by atoms with E-state index in [9.17, 15) is 4.39 Å². The molecule has 0 amide bonds. The molecule has 7 nitrogen and oxygen atoms in total. The minimum atomic E-state index is -0.376. The molecule has 1 aliphatic rings. The summed E-state index contributed by atoms with van der Waals surface area (Å²) in [7, 11) is 0. The fraction of sp³-hybridized carbons (Fsp3) is 0.333. The van der Waals surface area contributed by atoms with Gasteiger partial charge in [-0.3, -0.25) is 0 Å². The lowest BCUT2D eigenvalue weighted by atomic mass is 10.3. The Morgan fingerprint density at radius 3 is 2.78 bits per heavy atom. The third-order valence-electron chi connectivity index (χ3n) is 4.01. The van der Waals surface area contributed by atoms with Gasteiger partial charge in [0.2, 0.25) is 0 Å². The highest BCUT2D eigenvalue weighted by Crippen LogP contribution is 2.19. The lowest BCUT2D eigenvalue weighted by molar-refractivity contribution is 0.602. The van der Waals surface area contributed by atoms with Crippen LogP contribution in [0.4, 0.5) is 16.0 Å². The molecule has 0 aromatic carbocycles. The van der Waals surface area contributed by atoms with Crippen LogP contribution in [0.1, 0.15) is 6.42 Å². The van der Waals surface area contributed by atoms with Crippen LogP contribution in [-0.4, -0.2) is 50.7 Å². The van der Waals surface area contributed by atoms with Gasteiger partial charge in [0, 0.05) is 38.6 Å². The second kappa shape index (κ2) is 5.79. The lowest BCUT2D eigenvalue weighted by Gasteiger charge is -2.23. The summed E-state index contributed by atoms with van der Waals surface area (Å²) in [4.78, 5) is 16.2. The maximum atomic E-state index is 13.9. The first kappa shape index (κ1) is 13.9. The molecule has 0 aliphatic carbocycles. The van der Waals surface area contributed by atoms with Crippen LogP contribution in [-0.2, 0) is 0 Å². The van der Waals surface area contributed by atoms with Gasteiger partial charge in [0.15, 0.2) is 17.3 Å². The van der Waals surface area contributed by atoms with E-state index in [1.165, 1.54) is 12.5 Å². The van der Waals surface area contributed by atoms with E-state index in [0.717, 1.165) is 37.5 Å². The van der Waals surface area contributed by atoms with Crippen molar-refractivity contribution in [1.29, 1.82) is 0 Å². The summed E-state index contributed by atoms with van der Waals surface area (Å²) in [5.74, 6) is 0.902. The zero-order valence-corrected chi connectivity index (χ0v) is 12.5. The van der Waals surface area contributed by atoms with Crippen molar-refractivity contribution < 1.29 is 4.39 Å². The Morgan fingerprint density at radius 2 is 1.87 bits per heavy atom. The van der Waals surface area contributed by atoms with Gasteiger partial charge in [-0.15, -0.1) is 5.10 Å². The van der Waals surface area contributed by atoms with Gasteiger partial charge in [0.1, 0.15) is 12.1 Å². The number of rotatable bonds is 2. The fourth-order valence-corrected chi connectivity index (χ4v) is 2.87. The normalized spacial score (nSPS) is 15.9. The van der Waals surface area contributed by atoms with Crippen molar-refractivity contribution in [3.05, 3.63) is 42.9 Å². The van der Waals surface area contributed by atoms with Crippen LogP contribution in [0.3, 0.4) is 0 Å². The molecule has 0 atom stereocenters. The van der Waals surface area contributed by atoms with Crippen molar-refractivity contribution in [2.45, 2.75) is 6.42 Å². The van der Waals surface area contributed by atoms with Gasteiger partial charge in [-0.05, 0) is 18.6 Å². The number of anilines is 2. The standard InChI is InChI=1S/C15H16FN7/c16-12-10-17-11-19-15(12)22-6-1-5-21(8-9-22)14-3-2-13-18-4-7-23(13)20-14/h2-4,7,10-11H,1,5-6,8-9H2. The van der Waals surface area contributed by atoms with Crippen LogP contribution in [0.5, 0.6) is 0 Å². The van der Waals surface area contributed by atoms with Crippen LogP contribution in [0.2, 0.25) is 0 Å². The molecular weight excluding hydrogens is 297 g/mol. The summed E-state index contributed by atoms with van der Waals surface area (Å²) >= 11 is 0. The summed E-state index contributed by atoms with van der Waals surface area (Å²) in [6.07, 6.45) is 7.07. The summed E-state index contributed by atoms with van der Waals surface area (Å²) < 4.78 is 15.6. The number of halogens is 1. The topological polar surface area (TPSA) is 62.5 Å². The molecule has 0 bridgehead atoms. The lowest BCUT2D eigenvalue weighted by Crippen LogP contribution is -2.32. The molecule has 118 valence electrons. The Morgan fingerprint density at radius 1 is 1.00 bits per heavy atom. The van der Waals surface area contributed by atoms with Crippen molar-refractivity contribution in [3.63, 3.8) is 0 Å². The number of fused-ring (bicyclic) bond motifs is 1. The van der Waals surface area contributed by atoms with E-state index in [4.69, 9.17) is 0 Å². The van der Waals surface area contributed by atoms with Gasteiger partial charge in [-0.2, -0.15) is 0 Å². The van der Waals surface area contributed by atoms with Crippen molar-refractivity contribution >= 4 is 17.3 Å².